The van der Waals surface area contributed by atoms with Crippen molar-refractivity contribution in [1.82, 2.24) is 0 Å². The molecule has 68 valence electrons. The van der Waals surface area contributed by atoms with Gasteiger partial charge in [0.05, 0.1) is 6.10 Å². The van der Waals surface area contributed by atoms with E-state index in [1.165, 1.54) is 6.08 Å². The van der Waals surface area contributed by atoms with Crippen LogP contribution in [-0.4, -0.2) is 29.8 Å². The van der Waals surface area contributed by atoms with Crippen LogP contribution in [0.25, 0.3) is 0 Å². The summed E-state index contributed by atoms with van der Waals surface area (Å²) in [6.07, 6.45) is 1.48. The van der Waals surface area contributed by atoms with Gasteiger partial charge in [0, 0.05) is 0 Å². The molecule has 4 atom stereocenters. The van der Waals surface area contributed by atoms with Crippen LogP contribution in [-0.2, 0) is 19.1 Å². The summed E-state index contributed by atoms with van der Waals surface area (Å²) in [6.45, 7) is 0. The summed E-state index contributed by atoms with van der Waals surface area (Å²) in [7, 11) is 0. The monoisotopic (exact) mass is 184 g/mol. The van der Waals surface area contributed by atoms with Crippen molar-refractivity contribution in [3.05, 3.63) is 12.2 Å². The first-order valence-corrected chi connectivity index (χ1v) is 3.93. The first-order valence-electron chi connectivity index (χ1n) is 3.93. The third-order valence-corrected chi connectivity index (χ3v) is 2.73. The lowest BCUT2D eigenvalue weighted by atomic mass is 9.82. The summed E-state index contributed by atoms with van der Waals surface area (Å²) in [5, 5.41) is 0. The molecule has 0 unspecified atom stereocenters. The average molecular weight is 184 g/mol. The van der Waals surface area contributed by atoms with E-state index < -0.39 is 35.7 Å². The second kappa shape index (κ2) is 1.82. The van der Waals surface area contributed by atoms with E-state index in [4.69, 9.17) is 4.74 Å². The van der Waals surface area contributed by atoms with E-state index in [1.54, 1.807) is 6.08 Å². The number of carbonyl (C=O) groups excluding carboxylic acids is 2. The van der Waals surface area contributed by atoms with E-state index in [0.717, 1.165) is 0 Å². The summed E-state index contributed by atoms with van der Waals surface area (Å²) in [5.41, 5.74) is -2.27. The quantitative estimate of drug-likeness (QED) is 0.295. The number of cyclic esters (lactones) is 2. The number of hydrogen-bond donors (Lipinski definition) is 0. The van der Waals surface area contributed by atoms with Crippen molar-refractivity contribution < 1.29 is 23.5 Å². The number of ether oxygens (including phenoxy) is 2. The van der Waals surface area contributed by atoms with Gasteiger partial charge in [-0.2, -0.15) is 0 Å². The number of carbonyl (C=O) groups is 2. The molecule has 0 amide bonds. The van der Waals surface area contributed by atoms with Gasteiger partial charge in [0.15, 0.2) is 0 Å². The average Bonchev–Trinajstić information content (AvgIpc) is 2.66. The van der Waals surface area contributed by atoms with Crippen molar-refractivity contribution in [2.24, 2.45) is 5.92 Å². The smallest absolute Gasteiger partial charge is 0.355 e. The SMILES string of the molecule is O=C1OC(=O)[C@@]2(F)[C@@H]3C=C[C@@H](O3)[C@@H]12. The minimum Gasteiger partial charge on any atom is -0.390 e. The number of hydrogen-bond acceptors (Lipinski definition) is 4. The lowest BCUT2D eigenvalue weighted by Gasteiger charge is -2.17. The van der Waals surface area contributed by atoms with Gasteiger partial charge < -0.3 is 9.47 Å². The molecule has 5 heteroatoms. The fourth-order valence-electron chi connectivity index (χ4n) is 2.10. The molecule has 13 heavy (non-hydrogen) atoms. The molecule has 0 aromatic carbocycles. The van der Waals surface area contributed by atoms with E-state index in [0.29, 0.717) is 0 Å². The van der Waals surface area contributed by atoms with Crippen LogP contribution in [0.1, 0.15) is 0 Å². The lowest BCUT2D eigenvalue weighted by Crippen LogP contribution is -2.44. The molecule has 0 radical (unpaired) electrons. The van der Waals surface area contributed by atoms with Crippen molar-refractivity contribution in [2.75, 3.05) is 0 Å². The maximum absolute atomic E-state index is 14.0. The van der Waals surface area contributed by atoms with E-state index in [2.05, 4.69) is 4.74 Å². The molecule has 2 bridgehead atoms. The largest absolute Gasteiger partial charge is 0.390 e. The molecule has 2 fully saturated rings. The van der Waals surface area contributed by atoms with Gasteiger partial charge >= 0.3 is 11.9 Å². The topological polar surface area (TPSA) is 52.6 Å². The Hall–Kier alpha value is -1.23. The molecule has 3 heterocycles. The molecular weight excluding hydrogens is 179 g/mol. The van der Waals surface area contributed by atoms with Crippen molar-refractivity contribution in [2.45, 2.75) is 17.9 Å². The second-order valence-corrected chi connectivity index (χ2v) is 3.36. The molecule has 0 aromatic heterocycles. The first-order chi connectivity index (χ1) is 6.14. The molecule has 0 saturated carbocycles. The predicted octanol–water partition coefficient (Wildman–Crippen LogP) is -0.269. The molecule has 0 aliphatic carbocycles. The van der Waals surface area contributed by atoms with Crippen molar-refractivity contribution in [3.8, 4) is 0 Å². The number of esters is 2. The van der Waals surface area contributed by atoms with Crippen LogP contribution < -0.4 is 0 Å². The molecule has 0 aromatic rings. The summed E-state index contributed by atoms with van der Waals surface area (Å²) in [6, 6.07) is 0. The fraction of sp³-hybridized carbons (Fsp3) is 0.500. The van der Waals surface area contributed by atoms with Crippen molar-refractivity contribution in [1.29, 1.82) is 0 Å². The third kappa shape index (κ3) is 0.581. The zero-order valence-electron chi connectivity index (χ0n) is 6.40. The van der Waals surface area contributed by atoms with E-state index in [-0.39, 0.29) is 0 Å². The van der Waals surface area contributed by atoms with Crippen LogP contribution in [0.15, 0.2) is 12.2 Å². The van der Waals surface area contributed by atoms with Crippen LogP contribution in [0.3, 0.4) is 0 Å². The maximum Gasteiger partial charge on any atom is 0.355 e. The van der Waals surface area contributed by atoms with Crippen molar-refractivity contribution in [3.63, 3.8) is 0 Å². The molecule has 3 rings (SSSR count). The fourth-order valence-corrected chi connectivity index (χ4v) is 2.10. The van der Waals surface area contributed by atoms with Crippen LogP contribution in [0, 0.1) is 5.92 Å². The molecular formula is C8H5FO4. The standard InChI is InChI=1S/C8H5FO4/c9-8-4-2-1-3(12-4)5(8)6(10)13-7(8)11/h1-5H/t3-,4+,5+,8-/m1/s1. The van der Waals surface area contributed by atoms with Crippen LogP contribution in [0.5, 0.6) is 0 Å². The van der Waals surface area contributed by atoms with Crippen LogP contribution in [0.4, 0.5) is 4.39 Å². The highest BCUT2D eigenvalue weighted by atomic mass is 19.1. The third-order valence-electron chi connectivity index (χ3n) is 2.73. The zero-order chi connectivity index (χ0) is 9.22. The predicted molar refractivity (Wildman–Crippen MR) is 36.2 cm³/mol. The number of fused-ring (bicyclic) bond motifs is 5. The lowest BCUT2D eigenvalue weighted by molar-refractivity contribution is -0.159. The Morgan fingerprint density at radius 2 is 2.15 bits per heavy atom. The molecule has 3 aliphatic heterocycles. The molecule has 0 spiro atoms. The Morgan fingerprint density at radius 1 is 1.38 bits per heavy atom. The van der Waals surface area contributed by atoms with Crippen LogP contribution in [0.2, 0.25) is 0 Å². The molecule has 0 N–H and O–H groups in total. The van der Waals surface area contributed by atoms with Gasteiger partial charge in [0.2, 0.25) is 0 Å². The Kier molecular flexibility index (Phi) is 1.01. The van der Waals surface area contributed by atoms with Gasteiger partial charge in [-0.3, -0.25) is 4.79 Å². The molecule has 2 saturated heterocycles. The normalized spacial score (nSPS) is 51.3. The van der Waals surface area contributed by atoms with E-state index in [9.17, 15) is 14.0 Å². The minimum atomic E-state index is -2.27. The molecule has 4 nitrogen and oxygen atoms in total. The highest BCUT2D eigenvalue weighted by molar-refractivity contribution is 6.03. The Morgan fingerprint density at radius 3 is 2.85 bits per heavy atom. The van der Waals surface area contributed by atoms with E-state index >= 15 is 0 Å². The van der Waals surface area contributed by atoms with Gasteiger partial charge in [0.25, 0.3) is 5.67 Å². The van der Waals surface area contributed by atoms with Crippen molar-refractivity contribution >= 4 is 11.9 Å². The number of halogens is 1. The van der Waals surface area contributed by atoms with Gasteiger partial charge in [-0.25, -0.2) is 9.18 Å². The number of rotatable bonds is 0. The van der Waals surface area contributed by atoms with E-state index in [1.807, 2.05) is 0 Å². The maximum atomic E-state index is 14.0. The highest BCUT2D eigenvalue weighted by Crippen LogP contribution is 2.49. The van der Waals surface area contributed by atoms with Gasteiger partial charge in [-0.05, 0) is 0 Å². The first kappa shape index (κ1) is 7.20. The Labute approximate surface area is 72.3 Å². The summed E-state index contributed by atoms with van der Waals surface area (Å²) >= 11 is 0. The molecule has 3 aliphatic rings. The van der Waals surface area contributed by atoms with Gasteiger partial charge in [-0.1, -0.05) is 12.2 Å². The van der Waals surface area contributed by atoms with Crippen LogP contribution >= 0.6 is 0 Å². The Bertz CT molecular complexity index is 350. The second-order valence-electron chi connectivity index (χ2n) is 3.36. The zero-order valence-corrected chi connectivity index (χ0v) is 6.40. The minimum absolute atomic E-state index is 0.631. The Balaban J connectivity index is 2.17. The summed E-state index contributed by atoms with van der Waals surface area (Å²) in [5.74, 6) is -3.02. The summed E-state index contributed by atoms with van der Waals surface area (Å²) < 4.78 is 23.3. The van der Waals surface area contributed by atoms with Gasteiger partial charge in [-0.15, -0.1) is 0 Å². The summed E-state index contributed by atoms with van der Waals surface area (Å²) in [4.78, 5) is 22.1. The highest BCUT2D eigenvalue weighted by Gasteiger charge is 2.72. The number of alkyl halides is 1. The van der Waals surface area contributed by atoms with Gasteiger partial charge in [0.1, 0.15) is 12.0 Å².